The summed E-state index contributed by atoms with van der Waals surface area (Å²) in [5.41, 5.74) is 7.67. The van der Waals surface area contributed by atoms with E-state index in [1.807, 2.05) is 19.1 Å². The molecule has 0 amide bonds. The van der Waals surface area contributed by atoms with Crippen molar-refractivity contribution in [2.75, 3.05) is 13.1 Å². The van der Waals surface area contributed by atoms with Gasteiger partial charge in [-0.15, -0.1) is 0 Å². The lowest BCUT2D eigenvalue weighted by Crippen LogP contribution is -2.42. The van der Waals surface area contributed by atoms with Crippen molar-refractivity contribution in [2.45, 2.75) is 33.2 Å². The van der Waals surface area contributed by atoms with Crippen LogP contribution in [-0.2, 0) is 13.6 Å². The molecule has 2 rings (SSSR count). The van der Waals surface area contributed by atoms with Gasteiger partial charge in [-0.05, 0) is 37.8 Å². The number of pyridine rings is 1. The van der Waals surface area contributed by atoms with Crippen molar-refractivity contribution in [3.8, 4) is 0 Å². The van der Waals surface area contributed by atoms with Crippen LogP contribution >= 0.6 is 0 Å². The Balaban J connectivity index is 2.05. The Morgan fingerprint density at radius 2 is 2.05 bits per heavy atom. The van der Waals surface area contributed by atoms with E-state index in [-0.39, 0.29) is 5.56 Å². The van der Waals surface area contributed by atoms with E-state index in [0.29, 0.717) is 18.1 Å². The normalized spacial score (nSPS) is 17.6. The van der Waals surface area contributed by atoms with Gasteiger partial charge in [0.15, 0.2) is 5.96 Å². The van der Waals surface area contributed by atoms with E-state index in [1.165, 1.54) is 0 Å². The van der Waals surface area contributed by atoms with Crippen LogP contribution in [0.3, 0.4) is 0 Å². The second-order valence-corrected chi connectivity index (χ2v) is 5.71. The van der Waals surface area contributed by atoms with Gasteiger partial charge in [0.05, 0.1) is 6.54 Å². The molecular formula is C15H24N4O. The van der Waals surface area contributed by atoms with Crippen LogP contribution in [0.4, 0.5) is 0 Å². The van der Waals surface area contributed by atoms with Crippen molar-refractivity contribution in [3.05, 3.63) is 33.7 Å². The number of nitrogens with two attached hydrogens (primary N) is 1. The third-order valence-corrected chi connectivity index (χ3v) is 4.15. The molecule has 110 valence electrons. The van der Waals surface area contributed by atoms with Crippen molar-refractivity contribution in [3.63, 3.8) is 0 Å². The van der Waals surface area contributed by atoms with E-state index >= 15 is 0 Å². The Morgan fingerprint density at radius 3 is 2.70 bits per heavy atom. The highest BCUT2D eigenvalue weighted by atomic mass is 16.1. The highest BCUT2D eigenvalue weighted by molar-refractivity contribution is 5.78. The quantitative estimate of drug-likeness (QED) is 0.653. The van der Waals surface area contributed by atoms with Gasteiger partial charge in [-0.25, -0.2) is 4.99 Å². The molecule has 2 heterocycles. The van der Waals surface area contributed by atoms with Gasteiger partial charge < -0.3 is 15.2 Å². The van der Waals surface area contributed by atoms with Gasteiger partial charge >= 0.3 is 0 Å². The SMILES string of the molecule is Cc1ccc(CN=C(N)N2CCC(C)CC2)c(=O)n1C. The fraction of sp³-hybridized carbons (Fsp3) is 0.600. The maximum atomic E-state index is 12.1. The van der Waals surface area contributed by atoms with Gasteiger partial charge in [0.25, 0.3) is 5.56 Å². The number of hydrogen-bond donors (Lipinski definition) is 1. The molecule has 0 atom stereocenters. The fourth-order valence-corrected chi connectivity index (χ4v) is 2.40. The number of aromatic nitrogens is 1. The Hall–Kier alpha value is -1.78. The molecular weight excluding hydrogens is 252 g/mol. The smallest absolute Gasteiger partial charge is 0.255 e. The first-order chi connectivity index (χ1) is 9.49. The summed E-state index contributed by atoms with van der Waals surface area (Å²) >= 11 is 0. The lowest BCUT2D eigenvalue weighted by molar-refractivity contribution is 0.277. The first-order valence-corrected chi connectivity index (χ1v) is 7.19. The van der Waals surface area contributed by atoms with Gasteiger partial charge in [-0.1, -0.05) is 6.92 Å². The number of hydrogen-bond acceptors (Lipinski definition) is 2. The molecule has 5 heteroatoms. The molecule has 20 heavy (non-hydrogen) atoms. The second-order valence-electron chi connectivity index (χ2n) is 5.71. The zero-order valence-electron chi connectivity index (χ0n) is 12.6. The summed E-state index contributed by atoms with van der Waals surface area (Å²) in [6.45, 7) is 6.45. The lowest BCUT2D eigenvalue weighted by atomic mass is 10.00. The molecule has 0 aliphatic carbocycles. The van der Waals surface area contributed by atoms with Crippen LogP contribution < -0.4 is 11.3 Å². The standard InChI is InChI=1S/C15H24N4O/c1-11-6-8-19(9-7-11)15(16)17-10-13-5-4-12(2)18(3)14(13)20/h4-5,11H,6-10H2,1-3H3,(H2,16,17). The van der Waals surface area contributed by atoms with Crippen molar-refractivity contribution in [1.29, 1.82) is 0 Å². The Labute approximate surface area is 120 Å². The zero-order valence-corrected chi connectivity index (χ0v) is 12.6. The van der Waals surface area contributed by atoms with Gasteiger partial charge in [0, 0.05) is 31.4 Å². The summed E-state index contributed by atoms with van der Waals surface area (Å²) in [6, 6.07) is 3.78. The monoisotopic (exact) mass is 276 g/mol. The molecule has 0 spiro atoms. The molecule has 0 saturated carbocycles. The van der Waals surface area contributed by atoms with Crippen molar-refractivity contribution < 1.29 is 0 Å². The molecule has 1 aliphatic rings. The maximum absolute atomic E-state index is 12.1. The number of guanidine groups is 1. The van der Waals surface area contributed by atoms with Crippen LogP contribution in [0.5, 0.6) is 0 Å². The highest BCUT2D eigenvalue weighted by Gasteiger charge is 2.16. The molecule has 5 nitrogen and oxygen atoms in total. The van der Waals surface area contributed by atoms with Crippen LogP contribution in [0.25, 0.3) is 0 Å². The number of aryl methyl sites for hydroxylation is 1. The van der Waals surface area contributed by atoms with Gasteiger partial charge in [0.2, 0.25) is 0 Å². The molecule has 1 saturated heterocycles. The molecule has 1 aliphatic heterocycles. The summed E-state index contributed by atoms with van der Waals surface area (Å²) in [7, 11) is 1.78. The van der Waals surface area contributed by atoms with E-state index in [1.54, 1.807) is 11.6 Å². The molecule has 2 N–H and O–H groups in total. The maximum Gasteiger partial charge on any atom is 0.255 e. The third kappa shape index (κ3) is 3.21. The average Bonchev–Trinajstić information content (AvgIpc) is 2.44. The van der Waals surface area contributed by atoms with E-state index < -0.39 is 0 Å². The number of aliphatic imine (C=N–C) groups is 1. The lowest BCUT2D eigenvalue weighted by Gasteiger charge is -2.31. The second kappa shape index (κ2) is 6.11. The van der Waals surface area contributed by atoms with Gasteiger partial charge in [0.1, 0.15) is 0 Å². The highest BCUT2D eigenvalue weighted by Crippen LogP contribution is 2.15. The van der Waals surface area contributed by atoms with E-state index in [2.05, 4.69) is 16.8 Å². The van der Waals surface area contributed by atoms with E-state index in [4.69, 9.17) is 5.73 Å². The fourth-order valence-electron chi connectivity index (χ4n) is 2.40. The predicted octanol–water partition coefficient (Wildman–Crippen LogP) is 1.24. The summed E-state index contributed by atoms with van der Waals surface area (Å²) in [4.78, 5) is 18.6. The topological polar surface area (TPSA) is 63.6 Å². The molecule has 1 aromatic rings. The van der Waals surface area contributed by atoms with Crippen LogP contribution in [0.2, 0.25) is 0 Å². The Kier molecular flexibility index (Phi) is 4.47. The van der Waals surface area contributed by atoms with Crippen molar-refractivity contribution in [2.24, 2.45) is 23.7 Å². The van der Waals surface area contributed by atoms with Crippen LogP contribution in [0, 0.1) is 12.8 Å². The van der Waals surface area contributed by atoms with Gasteiger partial charge in [-0.3, -0.25) is 4.79 Å². The van der Waals surface area contributed by atoms with Crippen LogP contribution in [-0.4, -0.2) is 28.5 Å². The largest absolute Gasteiger partial charge is 0.370 e. The summed E-state index contributed by atoms with van der Waals surface area (Å²) in [5, 5.41) is 0. The number of nitrogens with zero attached hydrogens (tertiary/aromatic N) is 3. The minimum Gasteiger partial charge on any atom is -0.370 e. The van der Waals surface area contributed by atoms with Crippen molar-refractivity contribution in [1.82, 2.24) is 9.47 Å². The molecule has 0 aromatic carbocycles. The average molecular weight is 276 g/mol. The summed E-state index contributed by atoms with van der Waals surface area (Å²) in [6.07, 6.45) is 2.31. The number of likely N-dealkylation sites (tertiary alicyclic amines) is 1. The van der Waals surface area contributed by atoms with Gasteiger partial charge in [-0.2, -0.15) is 0 Å². The summed E-state index contributed by atoms with van der Waals surface area (Å²) in [5.74, 6) is 1.32. The molecule has 0 bridgehead atoms. The van der Waals surface area contributed by atoms with Crippen molar-refractivity contribution >= 4 is 5.96 Å². The Morgan fingerprint density at radius 1 is 1.40 bits per heavy atom. The predicted molar refractivity (Wildman–Crippen MR) is 81.7 cm³/mol. The number of piperidine rings is 1. The Bertz CT molecular complexity index is 553. The first-order valence-electron chi connectivity index (χ1n) is 7.19. The minimum atomic E-state index is 0.00816. The van der Waals surface area contributed by atoms with E-state index in [0.717, 1.165) is 37.5 Å². The third-order valence-electron chi connectivity index (χ3n) is 4.15. The minimum absolute atomic E-state index is 0.00816. The molecule has 0 radical (unpaired) electrons. The van der Waals surface area contributed by atoms with E-state index in [9.17, 15) is 4.79 Å². The molecule has 0 unspecified atom stereocenters. The van der Waals surface area contributed by atoms with Crippen LogP contribution in [0.15, 0.2) is 21.9 Å². The summed E-state index contributed by atoms with van der Waals surface area (Å²) < 4.78 is 1.64. The molecule has 1 fully saturated rings. The first kappa shape index (κ1) is 14.6. The zero-order chi connectivity index (χ0) is 14.7. The number of rotatable bonds is 2. The van der Waals surface area contributed by atoms with Crippen LogP contribution in [0.1, 0.15) is 31.0 Å². The molecule has 1 aromatic heterocycles.